The van der Waals surface area contributed by atoms with Gasteiger partial charge in [-0.25, -0.2) is 13.2 Å². The van der Waals surface area contributed by atoms with E-state index in [9.17, 15) is 17.8 Å². The van der Waals surface area contributed by atoms with E-state index in [1.54, 1.807) is 47.4 Å². The van der Waals surface area contributed by atoms with Crippen molar-refractivity contribution in [2.45, 2.75) is 23.6 Å². The van der Waals surface area contributed by atoms with Crippen LogP contribution < -0.4 is 4.90 Å². The molecule has 1 amide bonds. The number of benzene rings is 3. The molecule has 2 aliphatic heterocycles. The molecule has 0 N–H and O–H groups in total. The summed E-state index contributed by atoms with van der Waals surface area (Å²) in [7, 11) is -2.21. The van der Waals surface area contributed by atoms with Crippen molar-refractivity contribution in [3.8, 4) is 0 Å². The number of aryl methyl sites for hydroxylation is 1. The fourth-order valence-corrected chi connectivity index (χ4v) is 7.54. The number of carbonyl (C=O) groups is 1. The van der Waals surface area contributed by atoms with Gasteiger partial charge in [-0.2, -0.15) is 0 Å². The largest absolute Gasteiger partial charge is 0.744 e. The van der Waals surface area contributed by atoms with Crippen molar-refractivity contribution in [2.24, 2.45) is 0 Å². The first-order valence-electron chi connectivity index (χ1n) is 10.8. The molecule has 0 saturated carbocycles. The molecule has 0 aliphatic carbocycles. The first kappa shape index (κ1) is 25.8. The van der Waals surface area contributed by atoms with Crippen molar-refractivity contribution in [1.82, 2.24) is 0 Å². The summed E-state index contributed by atoms with van der Waals surface area (Å²) in [5.41, 5.74) is 2.13. The van der Waals surface area contributed by atoms with Crippen molar-refractivity contribution < 1.29 is 22.3 Å². The van der Waals surface area contributed by atoms with Gasteiger partial charge in [0.15, 0.2) is 11.4 Å². The van der Waals surface area contributed by atoms with Crippen LogP contribution in [0, 0.1) is 6.92 Å². The summed E-state index contributed by atoms with van der Waals surface area (Å²) in [6, 6.07) is 18.5. The molecule has 0 saturated heterocycles. The minimum absolute atomic E-state index is 0.123. The molecule has 0 radical (unpaired) electrons. The van der Waals surface area contributed by atoms with E-state index >= 15 is 0 Å². The third-order valence-electron chi connectivity index (χ3n) is 5.55. The fourth-order valence-electron chi connectivity index (χ4n) is 3.79. The number of rotatable bonds is 2. The van der Waals surface area contributed by atoms with Gasteiger partial charge in [-0.15, -0.1) is 4.58 Å². The Morgan fingerprint density at radius 1 is 1.03 bits per heavy atom. The molecule has 0 bridgehead atoms. The van der Waals surface area contributed by atoms with Gasteiger partial charge in [-0.1, -0.05) is 71.6 Å². The highest BCUT2D eigenvalue weighted by atomic mass is 32.2. The molecule has 3 aromatic rings. The van der Waals surface area contributed by atoms with Gasteiger partial charge < -0.3 is 9.45 Å². The first-order chi connectivity index (χ1) is 16.7. The zero-order valence-electron chi connectivity index (χ0n) is 19.6. The smallest absolute Gasteiger partial charge is 0.430 e. The van der Waals surface area contributed by atoms with Crippen LogP contribution in [-0.4, -0.2) is 47.7 Å². The molecule has 0 aromatic heterocycles. The van der Waals surface area contributed by atoms with Crippen LogP contribution in [0.25, 0.3) is 10.8 Å². The number of likely N-dealkylation sites (N-methyl/N-ethyl adjacent to an activating group) is 1. The zero-order valence-corrected chi connectivity index (χ0v) is 22.9. The lowest BCUT2D eigenvalue weighted by Crippen LogP contribution is -2.21. The average molecular weight is 545 g/mol. The SMILES string of the molecule is CC[N+]1=C(SC)S/C(=C2/Sc3ccc4ccccc4c3N2C)C1=O.Cc1ccc(S(=O)(=O)[O-])cc1. The minimum atomic E-state index is -4.27. The lowest BCUT2D eigenvalue weighted by Gasteiger charge is -2.16. The highest BCUT2D eigenvalue weighted by molar-refractivity contribution is 8.40. The number of nitrogens with zero attached hydrogens (tertiary/aromatic N) is 2. The van der Waals surface area contributed by atoms with Gasteiger partial charge >= 0.3 is 5.91 Å². The number of anilines is 1. The van der Waals surface area contributed by atoms with E-state index in [1.165, 1.54) is 33.5 Å². The summed E-state index contributed by atoms with van der Waals surface area (Å²) in [6.07, 6.45) is 2.03. The highest BCUT2D eigenvalue weighted by Crippen LogP contribution is 2.52. The Labute approximate surface area is 218 Å². The summed E-state index contributed by atoms with van der Waals surface area (Å²) < 4.78 is 34.1. The normalized spacial score (nSPS) is 17.6. The van der Waals surface area contributed by atoms with E-state index in [0.29, 0.717) is 6.54 Å². The maximum absolute atomic E-state index is 12.8. The van der Waals surface area contributed by atoms with E-state index in [4.69, 9.17) is 0 Å². The molecule has 0 unspecified atom stereocenters. The first-order valence-corrected chi connectivity index (χ1v) is 15.0. The van der Waals surface area contributed by atoms with E-state index in [2.05, 4.69) is 48.3 Å². The van der Waals surface area contributed by atoms with E-state index in [0.717, 1.165) is 19.9 Å². The molecular formula is C25H24N2O4S4. The number of amides is 1. The van der Waals surface area contributed by atoms with E-state index in [1.807, 2.05) is 24.7 Å². The van der Waals surface area contributed by atoms with Gasteiger partial charge in [-0.05, 0) is 43.7 Å². The highest BCUT2D eigenvalue weighted by Gasteiger charge is 2.42. The van der Waals surface area contributed by atoms with Crippen molar-refractivity contribution >= 4 is 72.1 Å². The Morgan fingerprint density at radius 2 is 1.71 bits per heavy atom. The topological polar surface area (TPSA) is 80.5 Å². The predicted octanol–water partition coefficient (Wildman–Crippen LogP) is 5.47. The molecule has 2 heterocycles. The average Bonchev–Trinajstić information content (AvgIpc) is 3.35. The van der Waals surface area contributed by atoms with E-state index < -0.39 is 10.1 Å². The van der Waals surface area contributed by atoms with Crippen LogP contribution in [0.3, 0.4) is 0 Å². The van der Waals surface area contributed by atoms with E-state index in [-0.39, 0.29) is 10.8 Å². The molecule has 0 atom stereocenters. The Kier molecular flexibility index (Phi) is 7.68. The predicted molar refractivity (Wildman–Crippen MR) is 146 cm³/mol. The minimum Gasteiger partial charge on any atom is -0.744 e. The molecule has 35 heavy (non-hydrogen) atoms. The molecule has 6 nitrogen and oxygen atoms in total. The van der Waals surface area contributed by atoms with Gasteiger partial charge in [0.1, 0.15) is 15.1 Å². The molecule has 10 heteroatoms. The van der Waals surface area contributed by atoms with Crippen LogP contribution in [0.5, 0.6) is 0 Å². The Balaban J connectivity index is 0.000000221. The molecule has 2 aliphatic rings. The molecule has 182 valence electrons. The van der Waals surface area contributed by atoms with Gasteiger partial charge in [0.25, 0.3) is 4.38 Å². The quantitative estimate of drug-likeness (QED) is 0.239. The summed E-state index contributed by atoms with van der Waals surface area (Å²) >= 11 is 4.94. The Morgan fingerprint density at radius 3 is 2.31 bits per heavy atom. The van der Waals surface area contributed by atoms with Crippen LogP contribution in [0.15, 0.2) is 80.4 Å². The van der Waals surface area contributed by atoms with Gasteiger partial charge in [0, 0.05) is 29.1 Å². The monoisotopic (exact) mass is 544 g/mol. The van der Waals surface area contributed by atoms with Gasteiger partial charge in [0.2, 0.25) is 0 Å². The van der Waals surface area contributed by atoms with Crippen LogP contribution >= 0.6 is 35.3 Å². The molecule has 5 rings (SSSR count). The van der Waals surface area contributed by atoms with Crippen molar-refractivity contribution in [2.75, 3.05) is 24.7 Å². The number of hydrogen-bond acceptors (Lipinski definition) is 8. The Hall–Kier alpha value is -2.24. The maximum Gasteiger partial charge on any atom is 0.430 e. The van der Waals surface area contributed by atoms with Crippen LogP contribution in [0.1, 0.15) is 12.5 Å². The van der Waals surface area contributed by atoms with Crippen molar-refractivity contribution in [1.29, 1.82) is 0 Å². The molecular weight excluding hydrogens is 521 g/mol. The second-order valence-corrected chi connectivity index (χ2v) is 12.3. The zero-order chi connectivity index (χ0) is 25.3. The van der Waals surface area contributed by atoms with Crippen molar-refractivity contribution in [3.63, 3.8) is 0 Å². The number of thioether (sulfide) groups is 3. The lowest BCUT2D eigenvalue weighted by atomic mass is 10.1. The molecule has 0 spiro atoms. The Bertz CT molecular complexity index is 1480. The van der Waals surface area contributed by atoms with Crippen LogP contribution in [0.4, 0.5) is 5.69 Å². The standard InChI is InChI=1S/C18H17N2OS3.C7H8O3S/c1-4-20-16(21)15(24-18(20)22-3)17-19(2)14-12-8-6-5-7-11(12)9-10-13(14)23-17;1-6-2-4-7(5-3-6)11(8,9)10/h5-10H,4H2,1-3H3;2-5H,1H3,(H,8,9,10)/q+1;/p-1/b17-15+;. The number of hydrogen-bond donors (Lipinski definition) is 0. The van der Waals surface area contributed by atoms with Crippen molar-refractivity contribution in [3.05, 3.63) is 76.2 Å². The number of fused-ring (bicyclic) bond motifs is 3. The number of carbonyl (C=O) groups excluding carboxylic acids is 1. The second kappa shape index (κ2) is 10.4. The summed E-state index contributed by atoms with van der Waals surface area (Å²) in [5.74, 6) is 0.123. The summed E-state index contributed by atoms with van der Waals surface area (Å²) in [4.78, 5) is 16.9. The molecule has 0 fully saturated rings. The van der Waals surface area contributed by atoms with Crippen LogP contribution in [0.2, 0.25) is 0 Å². The third-order valence-corrected chi connectivity index (χ3v) is 10.0. The second-order valence-electron chi connectivity index (χ2n) is 7.82. The lowest BCUT2D eigenvalue weighted by molar-refractivity contribution is -0.433. The van der Waals surface area contributed by atoms with Gasteiger partial charge in [-0.3, -0.25) is 0 Å². The summed E-state index contributed by atoms with van der Waals surface area (Å²) in [5, 5.41) is 3.50. The molecule has 3 aromatic carbocycles. The summed E-state index contributed by atoms with van der Waals surface area (Å²) in [6.45, 7) is 4.56. The third kappa shape index (κ3) is 5.17. The fraction of sp³-hybridized carbons (Fsp3) is 0.200. The van der Waals surface area contributed by atoms with Crippen LogP contribution in [-0.2, 0) is 14.9 Å². The maximum atomic E-state index is 12.8. The van der Waals surface area contributed by atoms with Gasteiger partial charge in [0.05, 0.1) is 10.6 Å².